The van der Waals surface area contributed by atoms with E-state index in [0.29, 0.717) is 6.54 Å². The quantitative estimate of drug-likeness (QED) is 0.820. The summed E-state index contributed by atoms with van der Waals surface area (Å²) in [6, 6.07) is 3.51. The molecule has 0 bridgehead atoms. The average Bonchev–Trinajstić information content (AvgIpc) is 2.35. The van der Waals surface area contributed by atoms with Gasteiger partial charge >= 0.3 is 0 Å². The first kappa shape index (κ1) is 15.6. The lowest BCUT2D eigenvalue weighted by Crippen LogP contribution is -2.44. The van der Waals surface area contributed by atoms with Crippen molar-refractivity contribution >= 4 is 15.9 Å². The molecule has 1 aromatic carbocycles. The average molecular weight is 288 g/mol. The van der Waals surface area contributed by atoms with Gasteiger partial charge in [-0.25, -0.2) is 12.8 Å². The molecule has 2 N–H and O–H groups in total. The molecule has 0 fully saturated rings. The smallest absolute Gasteiger partial charge is 0.241 e. The van der Waals surface area contributed by atoms with E-state index in [2.05, 4.69) is 10.0 Å². The lowest BCUT2D eigenvalue weighted by atomic mass is 10.3. The molecule has 0 heterocycles. The number of amides is 1. The molecule has 0 aliphatic heterocycles. The maximum atomic E-state index is 12.7. The van der Waals surface area contributed by atoms with Gasteiger partial charge in [0, 0.05) is 6.54 Å². The second-order valence-electron chi connectivity index (χ2n) is 4.09. The maximum absolute atomic E-state index is 12.7. The highest BCUT2D eigenvalue weighted by Crippen LogP contribution is 2.10. The molecule has 1 aromatic rings. The van der Waals surface area contributed by atoms with Gasteiger partial charge in [-0.1, -0.05) is 6.92 Å². The van der Waals surface area contributed by atoms with Gasteiger partial charge in [0.15, 0.2) is 0 Å². The highest BCUT2D eigenvalue weighted by Gasteiger charge is 2.21. The van der Waals surface area contributed by atoms with Crippen LogP contribution in [0.2, 0.25) is 0 Å². The van der Waals surface area contributed by atoms with E-state index in [4.69, 9.17) is 0 Å². The maximum Gasteiger partial charge on any atom is 0.241 e. The molecule has 0 aliphatic carbocycles. The SMILES string of the molecule is CCCNC(=O)[C@H](C)NS(=O)(=O)c1ccc(F)cc1. The molecule has 0 radical (unpaired) electrons. The fraction of sp³-hybridized carbons (Fsp3) is 0.417. The van der Waals surface area contributed by atoms with Crippen LogP contribution in [0.1, 0.15) is 20.3 Å². The monoisotopic (exact) mass is 288 g/mol. The number of hydrogen-bond acceptors (Lipinski definition) is 3. The van der Waals surface area contributed by atoms with E-state index in [-0.39, 0.29) is 4.90 Å². The summed E-state index contributed by atoms with van der Waals surface area (Å²) in [6.45, 7) is 3.83. The van der Waals surface area contributed by atoms with Gasteiger partial charge in [-0.15, -0.1) is 0 Å². The van der Waals surface area contributed by atoms with E-state index in [1.807, 2.05) is 6.92 Å². The van der Waals surface area contributed by atoms with Crippen LogP contribution in [-0.2, 0) is 14.8 Å². The number of halogens is 1. The van der Waals surface area contributed by atoms with E-state index in [1.54, 1.807) is 0 Å². The predicted octanol–water partition coefficient (Wildman–Crippen LogP) is 1.02. The zero-order valence-electron chi connectivity index (χ0n) is 10.8. The summed E-state index contributed by atoms with van der Waals surface area (Å²) >= 11 is 0. The van der Waals surface area contributed by atoms with Crippen LogP contribution < -0.4 is 10.0 Å². The lowest BCUT2D eigenvalue weighted by molar-refractivity contribution is -0.122. The minimum Gasteiger partial charge on any atom is -0.355 e. The largest absolute Gasteiger partial charge is 0.355 e. The first-order valence-electron chi connectivity index (χ1n) is 5.92. The number of rotatable bonds is 6. The molecule has 0 spiro atoms. The number of hydrogen-bond donors (Lipinski definition) is 2. The van der Waals surface area contributed by atoms with Crippen LogP contribution in [0.4, 0.5) is 4.39 Å². The lowest BCUT2D eigenvalue weighted by Gasteiger charge is -2.14. The van der Waals surface area contributed by atoms with Gasteiger partial charge in [0.05, 0.1) is 10.9 Å². The summed E-state index contributed by atoms with van der Waals surface area (Å²) < 4.78 is 38.8. The summed E-state index contributed by atoms with van der Waals surface area (Å²) in [5.74, 6) is -0.916. The molecular formula is C12H17FN2O3S. The summed E-state index contributed by atoms with van der Waals surface area (Å²) in [7, 11) is -3.82. The minimum absolute atomic E-state index is 0.0796. The highest BCUT2D eigenvalue weighted by atomic mass is 32.2. The molecule has 0 aliphatic rings. The van der Waals surface area contributed by atoms with Crippen molar-refractivity contribution in [2.24, 2.45) is 0 Å². The summed E-state index contributed by atoms with van der Waals surface area (Å²) in [5.41, 5.74) is 0. The molecular weight excluding hydrogens is 271 g/mol. The summed E-state index contributed by atoms with van der Waals surface area (Å²) in [4.78, 5) is 11.5. The van der Waals surface area contributed by atoms with Gasteiger partial charge < -0.3 is 5.32 Å². The Hall–Kier alpha value is -1.47. The fourth-order valence-corrected chi connectivity index (χ4v) is 2.57. The van der Waals surface area contributed by atoms with Crippen molar-refractivity contribution < 1.29 is 17.6 Å². The zero-order valence-corrected chi connectivity index (χ0v) is 11.6. The van der Waals surface area contributed by atoms with E-state index >= 15 is 0 Å². The summed E-state index contributed by atoms with van der Waals surface area (Å²) in [6.07, 6.45) is 0.767. The number of sulfonamides is 1. The fourth-order valence-electron chi connectivity index (χ4n) is 1.37. The van der Waals surface area contributed by atoms with Crippen LogP contribution >= 0.6 is 0 Å². The third-order valence-corrected chi connectivity index (χ3v) is 3.96. The molecule has 19 heavy (non-hydrogen) atoms. The Morgan fingerprint density at radius 3 is 2.42 bits per heavy atom. The van der Waals surface area contributed by atoms with Crippen LogP contribution in [0.25, 0.3) is 0 Å². The molecule has 0 aromatic heterocycles. The zero-order chi connectivity index (χ0) is 14.5. The van der Waals surface area contributed by atoms with Crippen molar-refractivity contribution in [2.45, 2.75) is 31.2 Å². The van der Waals surface area contributed by atoms with E-state index in [0.717, 1.165) is 30.7 Å². The Morgan fingerprint density at radius 1 is 1.32 bits per heavy atom. The molecule has 1 rings (SSSR count). The van der Waals surface area contributed by atoms with Crippen LogP contribution in [0.5, 0.6) is 0 Å². The van der Waals surface area contributed by atoms with Crippen molar-refractivity contribution in [3.05, 3.63) is 30.1 Å². The van der Waals surface area contributed by atoms with Gasteiger partial charge in [-0.2, -0.15) is 4.72 Å². The first-order valence-corrected chi connectivity index (χ1v) is 7.40. The van der Waals surface area contributed by atoms with Crippen molar-refractivity contribution in [2.75, 3.05) is 6.54 Å². The van der Waals surface area contributed by atoms with Gasteiger partial charge in [0.2, 0.25) is 15.9 Å². The Bertz CT molecular complexity index is 528. The number of carbonyl (C=O) groups excluding carboxylic acids is 1. The molecule has 106 valence electrons. The Labute approximate surface area is 112 Å². The molecule has 1 atom stereocenters. The first-order chi connectivity index (χ1) is 8.86. The van der Waals surface area contributed by atoms with E-state index < -0.39 is 27.8 Å². The third kappa shape index (κ3) is 4.60. The van der Waals surface area contributed by atoms with Crippen LogP contribution in [0.3, 0.4) is 0 Å². The molecule has 7 heteroatoms. The number of benzene rings is 1. The van der Waals surface area contributed by atoms with Crippen molar-refractivity contribution in [3.63, 3.8) is 0 Å². The van der Waals surface area contributed by atoms with Crippen molar-refractivity contribution in [3.8, 4) is 0 Å². The molecule has 0 saturated heterocycles. The normalized spacial score (nSPS) is 13.0. The molecule has 0 saturated carbocycles. The highest BCUT2D eigenvalue weighted by molar-refractivity contribution is 7.89. The van der Waals surface area contributed by atoms with E-state index in [9.17, 15) is 17.6 Å². The van der Waals surface area contributed by atoms with E-state index in [1.165, 1.54) is 6.92 Å². The van der Waals surface area contributed by atoms with Crippen LogP contribution in [0, 0.1) is 5.82 Å². The van der Waals surface area contributed by atoms with Gasteiger partial charge in [0.1, 0.15) is 5.82 Å². The van der Waals surface area contributed by atoms with Crippen LogP contribution in [-0.4, -0.2) is 26.9 Å². The summed E-state index contributed by atoms with van der Waals surface area (Å²) in [5, 5.41) is 2.59. The molecule has 1 amide bonds. The topological polar surface area (TPSA) is 75.3 Å². The Morgan fingerprint density at radius 2 is 1.89 bits per heavy atom. The number of carbonyl (C=O) groups is 1. The standard InChI is InChI=1S/C12H17FN2O3S/c1-3-8-14-12(16)9(2)15-19(17,18)11-6-4-10(13)5-7-11/h4-7,9,15H,3,8H2,1-2H3,(H,14,16)/t9-/m0/s1. The Kier molecular flexibility index (Phi) is 5.44. The van der Waals surface area contributed by atoms with Gasteiger partial charge in [-0.3, -0.25) is 4.79 Å². The molecule has 0 unspecified atom stereocenters. The minimum atomic E-state index is -3.82. The predicted molar refractivity (Wildman–Crippen MR) is 69.5 cm³/mol. The second kappa shape index (κ2) is 6.63. The number of nitrogens with one attached hydrogen (secondary N) is 2. The second-order valence-corrected chi connectivity index (χ2v) is 5.80. The third-order valence-electron chi connectivity index (χ3n) is 2.40. The Balaban J connectivity index is 2.74. The van der Waals surface area contributed by atoms with Gasteiger partial charge in [0.25, 0.3) is 0 Å². The van der Waals surface area contributed by atoms with Crippen molar-refractivity contribution in [1.29, 1.82) is 0 Å². The van der Waals surface area contributed by atoms with Crippen molar-refractivity contribution in [1.82, 2.24) is 10.0 Å². The van der Waals surface area contributed by atoms with Crippen LogP contribution in [0.15, 0.2) is 29.2 Å². The van der Waals surface area contributed by atoms with Gasteiger partial charge in [-0.05, 0) is 37.6 Å². The molecule has 5 nitrogen and oxygen atoms in total.